The molecular weight excluding hydrogens is 226 g/mol. The number of hydrogen-bond acceptors (Lipinski definition) is 3. The zero-order chi connectivity index (χ0) is 12.8. The van der Waals surface area contributed by atoms with Crippen molar-refractivity contribution in [1.82, 2.24) is 0 Å². The Labute approximate surface area is 109 Å². The van der Waals surface area contributed by atoms with E-state index in [4.69, 9.17) is 9.47 Å². The van der Waals surface area contributed by atoms with E-state index in [2.05, 4.69) is 11.4 Å². The highest BCUT2D eigenvalue weighted by molar-refractivity contribution is 5.56. The average Bonchev–Trinajstić information content (AvgIpc) is 2.38. The first-order chi connectivity index (χ1) is 8.75. The maximum absolute atomic E-state index is 5.79. The van der Waals surface area contributed by atoms with E-state index in [9.17, 15) is 0 Å². The number of benzene rings is 1. The highest BCUT2D eigenvalue weighted by atomic mass is 16.5. The number of hydrogen-bond donors (Lipinski definition) is 1. The summed E-state index contributed by atoms with van der Waals surface area (Å²) >= 11 is 0. The lowest BCUT2D eigenvalue weighted by molar-refractivity contribution is 0.0594. The van der Waals surface area contributed by atoms with Crippen LogP contribution in [0.5, 0.6) is 5.75 Å². The molecule has 1 N–H and O–H groups in total. The van der Waals surface area contributed by atoms with Crippen LogP contribution in [0.25, 0.3) is 0 Å². The van der Waals surface area contributed by atoms with E-state index in [1.54, 1.807) is 0 Å². The van der Waals surface area contributed by atoms with Crippen molar-refractivity contribution in [1.29, 1.82) is 0 Å². The van der Waals surface area contributed by atoms with Crippen molar-refractivity contribution in [3.05, 3.63) is 24.3 Å². The van der Waals surface area contributed by atoms with Gasteiger partial charge < -0.3 is 14.8 Å². The highest BCUT2D eigenvalue weighted by Gasteiger charge is 2.14. The van der Waals surface area contributed by atoms with Crippen LogP contribution in [0.15, 0.2) is 24.3 Å². The van der Waals surface area contributed by atoms with E-state index < -0.39 is 0 Å². The van der Waals surface area contributed by atoms with E-state index in [0.717, 1.165) is 31.2 Å². The summed E-state index contributed by atoms with van der Waals surface area (Å²) < 4.78 is 11.3. The lowest BCUT2D eigenvalue weighted by atomic mass is 10.0. The molecule has 1 aliphatic heterocycles. The molecule has 0 saturated carbocycles. The molecule has 0 spiro atoms. The van der Waals surface area contributed by atoms with Crippen molar-refractivity contribution in [3.8, 4) is 5.75 Å². The van der Waals surface area contributed by atoms with Gasteiger partial charge in [-0.05, 0) is 44.7 Å². The predicted molar refractivity (Wildman–Crippen MR) is 74.2 cm³/mol. The summed E-state index contributed by atoms with van der Waals surface area (Å²) in [4.78, 5) is 0. The van der Waals surface area contributed by atoms with Gasteiger partial charge in [0.05, 0.1) is 18.4 Å². The number of para-hydroxylation sites is 2. The zero-order valence-electron chi connectivity index (χ0n) is 11.3. The first kappa shape index (κ1) is 13.2. The fraction of sp³-hybridized carbons (Fsp3) is 0.600. The number of anilines is 1. The molecule has 0 aromatic heterocycles. The van der Waals surface area contributed by atoms with E-state index >= 15 is 0 Å². The fourth-order valence-electron chi connectivity index (χ4n) is 2.19. The minimum absolute atomic E-state index is 0.200. The summed E-state index contributed by atoms with van der Waals surface area (Å²) in [6.07, 6.45) is 2.63. The van der Waals surface area contributed by atoms with Crippen molar-refractivity contribution < 1.29 is 9.47 Å². The first-order valence-corrected chi connectivity index (χ1v) is 6.83. The van der Waals surface area contributed by atoms with E-state index in [1.165, 1.54) is 12.8 Å². The Bertz CT molecular complexity index is 359. The van der Waals surface area contributed by atoms with Gasteiger partial charge in [-0.3, -0.25) is 0 Å². The van der Waals surface area contributed by atoms with Crippen molar-refractivity contribution >= 4 is 5.69 Å². The summed E-state index contributed by atoms with van der Waals surface area (Å²) in [5.74, 6) is 1.55. The van der Waals surface area contributed by atoms with Gasteiger partial charge in [0, 0.05) is 13.2 Å². The van der Waals surface area contributed by atoms with Crippen molar-refractivity contribution in [3.63, 3.8) is 0 Å². The minimum atomic E-state index is 0.200. The smallest absolute Gasteiger partial charge is 0.142 e. The molecule has 0 aliphatic carbocycles. The standard InChI is InChI=1S/C15H23NO2/c1-12(2)18-15-8-4-3-7-14(15)16-10-13-6-5-9-17-11-13/h3-4,7-8,12-13,16H,5-6,9-11H2,1-2H3. The second-order valence-corrected chi connectivity index (χ2v) is 5.13. The highest BCUT2D eigenvalue weighted by Crippen LogP contribution is 2.25. The van der Waals surface area contributed by atoms with Gasteiger partial charge in [0.1, 0.15) is 5.75 Å². The Hall–Kier alpha value is -1.22. The molecule has 1 saturated heterocycles. The SMILES string of the molecule is CC(C)Oc1ccccc1NCC1CCCOC1. The molecule has 1 heterocycles. The van der Waals surface area contributed by atoms with Crippen molar-refractivity contribution in [2.24, 2.45) is 5.92 Å². The molecule has 2 rings (SSSR count). The second-order valence-electron chi connectivity index (χ2n) is 5.13. The maximum Gasteiger partial charge on any atom is 0.142 e. The minimum Gasteiger partial charge on any atom is -0.489 e. The van der Waals surface area contributed by atoms with Gasteiger partial charge >= 0.3 is 0 Å². The molecule has 3 heteroatoms. The van der Waals surface area contributed by atoms with Crippen LogP contribution >= 0.6 is 0 Å². The molecule has 18 heavy (non-hydrogen) atoms. The van der Waals surface area contributed by atoms with Crippen molar-refractivity contribution in [2.45, 2.75) is 32.8 Å². The van der Waals surface area contributed by atoms with Crippen LogP contribution < -0.4 is 10.1 Å². The third kappa shape index (κ3) is 3.91. The number of ether oxygens (including phenoxy) is 2. The van der Waals surface area contributed by atoms with Gasteiger partial charge in [-0.25, -0.2) is 0 Å². The van der Waals surface area contributed by atoms with E-state index in [1.807, 2.05) is 32.0 Å². The lowest BCUT2D eigenvalue weighted by Crippen LogP contribution is -2.24. The Morgan fingerprint density at radius 2 is 2.22 bits per heavy atom. The van der Waals surface area contributed by atoms with Crippen LogP contribution in [0, 0.1) is 5.92 Å². The maximum atomic E-state index is 5.79. The van der Waals surface area contributed by atoms with E-state index in [0.29, 0.717) is 5.92 Å². The summed E-state index contributed by atoms with van der Waals surface area (Å²) in [5, 5.41) is 3.48. The first-order valence-electron chi connectivity index (χ1n) is 6.83. The lowest BCUT2D eigenvalue weighted by Gasteiger charge is -2.23. The quantitative estimate of drug-likeness (QED) is 0.868. The van der Waals surface area contributed by atoms with Crippen LogP contribution in [0.4, 0.5) is 5.69 Å². The van der Waals surface area contributed by atoms with Crippen LogP contribution in [0.1, 0.15) is 26.7 Å². The third-order valence-electron chi connectivity index (χ3n) is 3.09. The molecule has 1 fully saturated rings. The normalized spacial score (nSPS) is 19.8. The van der Waals surface area contributed by atoms with Gasteiger partial charge in [0.15, 0.2) is 0 Å². The molecule has 0 radical (unpaired) electrons. The molecular formula is C15H23NO2. The predicted octanol–water partition coefficient (Wildman–Crippen LogP) is 3.31. The molecule has 0 amide bonds. The third-order valence-corrected chi connectivity index (χ3v) is 3.09. The largest absolute Gasteiger partial charge is 0.489 e. The Kier molecular flexibility index (Phi) is 4.88. The average molecular weight is 249 g/mol. The van der Waals surface area contributed by atoms with Gasteiger partial charge in [-0.1, -0.05) is 12.1 Å². The topological polar surface area (TPSA) is 30.5 Å². The van der Waals surface area contributed by atoms with Gasteiger partial charge in [0.2, 0.25) is 0 Å². The monoisotopic (exact) mass is 249 g/mol. The van der Waals surface area contributed by atoms with Gasteiger partial charge in [0.25, 0.3) is 0 Å². The summed E-state index contributed by atoms with van der Waals surface area (Å²) in [6.45, 7) is 6.85. The molecule has 1 unspecified atom stereocenters. The molecule has 0 bridgehead atoms. The molecule has 1 aromatic rings. The summed E-state index contributed by atoms with van der Waals surface area (Å²) in [5.41, 5.74) is 1.08. The van der Waals surface area contributed by atoms with Gasteiger partial charge in [-0.15, -0.1) is 0 Å². The summed E-state index contributed by atoms with van der Waals surface area (Å²) in [7, 11) is 0. The Morgan fingerprint density at radius 1 is 1.39 bits per heavy atom. The number of rotatable bonds is 5. The summed E-state index contributed by atoms with van der Waals surface area (Å²) in [6, 6.07) is 8.13. The molecule has 1 aliphatic rings. The zero-order valence-corrected chi connectivity index (χ0v) is 11.3. The van der Waals surface area contributed by atoms with Crippen LogP contribution in [0.3, 0.4) is 0 Å². The fourth-order valence-corrected chi connectivity index (χ4v) is 2.19. The second kappa shape index (κ2) is 6.64. The molecule has 1 aromatic carbocycles. The van der Waals surface area contributed by atoms with Crippen LogP contribution in [0.2, 0.25) is 0 Å². The van der Waals surface area contributed by atoms with Crippen molar-refractivity contribution in [2.75, 3.05) is 25.1 Å². The molecule has 3 nitrogen and oxygen atoms in total. The Morgan fingerprint density at radius 3 is 2.94 bits per heavy atom. The van der Waals surface area contributed by atoms with Gasteiger partial charge in [-0.2, -0.15) is 0 Å². The Balaban J connectivity index is 1.91. The van der Waals surface area contributed by atoms with E-state index in [-0.39, 0.29) is 6.10 Å². The molecule has 1 atom stereocenters. The van der Waals surface area contributed by atoms with Crippen LogP contribution in [-0.4, -0.2) is 25.9 Å². The molecule has 100 valence electrons. The van der Waals surface area contributed by atoms with Crippen LogP contribution in [-0.2, 0) is 4.74 Å². The number of nitrogens with one attached hydrogen (secondary N) is 1.